The summed E-state index contributed by atoms with van der Waals surface area (Å²) in [5, 5.41) is 0. The second-order valence-corrected chi connectivity index (χ2v) is 4.42. The van der Waals surface area contributed by atoms with Crippen molar-refractivity contribution in [3.8, 4) is 0 Å². The Labute approximate surface area is 115 Å². The molecule has 6 heteroatoms. The molecule has 0 radical (unpaired) electrons. The van der Waals surface area contributed by atoms with Crippen LogP contribution in [-0.2, 0) is 14.3 Å². The third-order valence-corrected chi connectivity index (χ3v) is 3.04. The molecule has 2 rings (SSSR count). The van der Waals surface area contributed by atoms with Gasteiger partial charge >= 0.3 is 5.97 Å². The zero-order valence-corrected chi connectivity index (χ0v) is 11.0. The fourth-order valence-electron chi connectivity index (χ4n) is 1.92. The van der Waals surface area contributed by atoms with Crippen molar-refractivity contribution in [2.45, 2.75) is 13.0 Å². The van der Waals surface area contributed by atoms with E-state index < -0.39 is 18.0 Å². The van der Waals surface area contributed by atoms with Gasteiger partial charge in [0.05, 0.1) is 0 Å². The summed E-state index contributed by atoms with van der Waals surface area (Å²) < 4.78 is 4.82. The van der Waals surface area contributed by atoms with Crippen LogP contribution in [0.3, 0.4) is 0 Å². The molecular weight excluding hydrogens is 260 g/mol. The standard InChI is InChI=1S/C14H14N2O4/c1-8-10-5-3-4-6-11(10)14(19)16(8)7-12(17)20-9(2)13(15)18/h3-6,9H,1,7H2,2H3,(H2,15,18)/t9-/m0/s1. The van der Waals surface area contributed by atoms with Gasteiger partial charge in [0.15, 0.2) is 6.10 Å². The normalized spacial score (nSPS) is 14.9. The highest BCUT2D eigenvalue weighted by Gasteiger charge is 2.32. The Morgan fingerprint density at radius 1 is 1.35 bits per heavy atom. The second kappa shape index (κ2) is 5.16. The Morgan fingerprint density at radius 2 is 1.95 bits per heavy atom. The summed E-state index contributed by atoms with van der Waals surface area (Å²) in [7, 11) is 0. The van der Waals surface area contributed by atoms with Gasteiger partial charge in [0.1, 0.15) is 6.54 Å². The van der Waals surface area contributed by atoms with E-state index in [0.717, 1.165) is 0 Å². The van der Waals surface area contributed by atoms with Gasteiger partial charge in [-0.3, -0.25) is 19.3 Å². The lowest BCUT2D eigenvalue weighted by Crippen LogP contribution is -2.36. The number of ether oxygens (including phenoxy) is 1. The van der Waals surface area contributed by atoms with Crippen LogP contribution < -0.4 is 5.73 Å². The summed E-state index contributed by atoms with van der Waals surface area (Å²) in [6, 6.07) is 6.95. The molecule has 0 saturated carbocycles. The Balaban J connectivity index is 2.09. The van der Waals surface area contributed by atoms with Crippen molar-refractivity contribution < 1.29 is 19.1 Å². The van der Waals surface area contributed by atoms with E-state index >= 15 is 0 Å². The monoisotopic (exact) mass is 274 g/mol. The third-order valence-electron chi connectivity index (χ3n) is 3.04. The van der Waals surface area contributed by atoms with E-state index in [1.807, 2.05) is 0 Å². The summed E-state index contributed by atoms with van der Waals surface area (Å²) in [4.78, 5) is 35.9. The first kappa shape index (κ1) is 13.8. The number of benzene rings is 1. The van der Waals surface area contributed by atoms with Crippen molar-refractivity contribution >= 4 is 23.5 Å². The molecule has 0 bridgehead atoms. The molecule has 0 aromatic heterocycles. The number of carbonyl (C=O) groups is 3. The number of nitrogens with two attached hydrogens (primary N) is 1. The number of hydrogen-bond acceptors (Lipinski definition) is 4. The molecule has 0 spiro atoms. The van der Waals surface area contributed by atoms with Crippen molar-refractivity contribution in [1.82, 2.24) is 4.90 Å². The van der Waals surface area contributed by atoms with Gasteiger partial charge in [-0.25, -0.2) is 0 Å². The average molecular weight is 274 g/mol. The molecule has 0 fully saturated rings. The SMILES string of the molecule is C=C1c2ccccc2C(=O)N1CC(=O)O[C@@H](C)C(N)=O. The Hall–Kier alpha value is -2.63. The maximum Gasteiger partial charge on any atom is 0.326 e. The first-order valence-corrected chi connectivity index (χ1v) is 6.00. The predicted molar refractivity (Wildman–Crippen MR) is 71.3 cm³/mol. The summed E-state index contributed by atoms with van der Waals surface area (Å²) in [5.41, 5.74) is 6.62. The van der Waals surface area contributed by atoms with Crippen LogP contribution in [0.2, 0.25) is 0 Å². The maximum atomic E-state index is 12.1. The molecule has 0 aliphatic carbocycles. The minimum Gasteiger partial charge on any atom is -0.451 e. The molecule has 1 aromatic carbocycles. The number of nitrogens with zero attached hydrogens (tertiary/aromatic N) is 1. The molecule has 2 amide bonds. The predicted octanol–water partition coefficient (Wildman–Crippen LogP) is 0.530. The zero-order chi connectivity index (χ0) is 14.9. The van der Waals surface area contributed by atoms with Gasteiger partial charge in [0, 0.05) is 16.8 Å². The maximum absolute atomic E-state index is 12.1. The van der Waals surface area contributed by atoms with E-state index in [4.69, 9.17) is 10.5 Å². The molecule has 1 heterocycles. The fourth-order valence-corrected chi connectivity index (χ4v) is 1.92. The largest absolute Gasteiger partial charge is 0.451 e. The van der Waals surface area contributed by atoms with E-state index in [-0.39, 0.29) is 12.5 Å². The number of primary amides is 1. The van der Waals surface area contributed by atoms with Crippen molar-refractivity contribution in [2.24, 2.45) is 5.73 Å². The highest BCUT2D eigenvalue weighted by Crippen LogP contribution is 2.30. The van der Waals surface area contributed by atoms with Crippen LogP contribution in [0.25, 0.3) is 5.70 Å². The molecule has 6 nitrogen and oxygen atoms in total. The van der Waals surface area contributed by atoms with Gasteiger partial charge in [-0.05, 0) is 13.0 Å². The van der Waals surface area contributed by atoms with Gasteiger partial charge in [0.2, 0.25) is 0 Å². The van der Waals surface area contributed by atoms with Crippen LogP contribution in [-0.4, -0.2) is 35.3 Å². The van der Waals surface area contributed by atoms with Crippen LogP contribution in [0.5, 0.6) is 0 Å². The third kappa shape index (κ3) is 2.40. The highest BCUT2D eigenvalue weighted by molar-refractivity contribution is 6.10. The van der Waals surface area contributed by atoms with Gasteiger partial charge in [0.25, 0.3) is 11.8 Å². The van der Waals surface area contributed by atoms with Gasteiger partial charge in [-0.2, -0.15) is 0 Å². The van der Waals surface area contributed by atoms with Crippen LogP contribution in [0.4, 0.5) is 0 Å². The van der Waals surface area contributed by atoms with E-state index in [2.05, 4.69) is 6.58 Å². The van der Waals surface area contributed by atoms with Crippen molar-refractivity contribution in [1.29, 1.82) is 0 Å². The number of esters is 1. The number of carbonyl (C=O) groups excluding carboxylic acids is 3. The topological polar surface area (TPSA) is 89.7 Å². The number of amides is 2. The fraction of sp³-hybridized carbons (Fsp3) is 0.214. The number of rotatable bonds is 4. The van der Waals surface area contributed by atoms with Crippen LogP contribution in [0.1, 0.15) is 22.8 Å². The number of hydrogen-bond donors (Lipinski definition) is 1. The average Bonchev–Trinajstić information content (AvgIpc) is 2.64. The molecule has 0 saturated heterocycles. The summed E-state index contributed by atoms with van der Waals surface area (Å²) >= 11 is 0. The molecule has 1 aromatic rings. The molecule has 104 valence electrons. The van der Waals surface area contributed by atoms with Gasteiger partial charge in [-0.15, -0.1) is 0 Å². The minimum absolute atomic E-state index is 0.302. The smallest absolute Gasteiger partial charge is 0.326 e. The summed E-state index contributed by atoms with van der Waals surface area (Å²) in [6.07, 6.45) is -1.03. The van der Waals surface area contributed by atoms with Crippen molar-refractivity contribution in [3.05, 3.63) is 42.0 Å². The van der Waals surface area contributed by atoms with E-state index in [1.54, 1.807) is 24.3 Å². The summed E-state index contributed by atoms with van der Waals surface area (Å²) in [6.45, 7) is 4.87. The van der Waals surface area contributed by atoms with Crippen LogP contribution in [0, 0.1) is 0 Å². The summed E-state index contributed by atoms with van der Waals surface area (Å²) in [5.74, 6) is -1.76. The lowest BCUT2D eigenvalue weighted by molar-refractivity contribution is -0.153. The lowest BCUT2D eigenvalue weighted by Gasteiger charge is -2.17. The first-order chi connectivity index (χ1) is 9.41. The van der Waals surface area contributed by atoms with Crippen LogP contribution in [0.15, 0.2) is 30.8 Å². The molecule has 1 aliphatic heterocycles. The Bertz CT molecular complexity index is 574. The quantitative estimate of drug-likeness (QED) is 0.811. The zero-order valence-electron chi connectivity index (χ0n) is 11.0. The number of fused-ring (bicyclic) bond motifs is 1. The van der Waals surface area contributed by atoms with Crippen molar-refractivity contribution in [3.63, 3.8) is 0 Å². The Kier molecular flexibility index (Phi) is 3.56. The van der Waals surface area contributed by atoms with E-state index in [0.29, 0.717) is 16.8 Å². The Morgan fingerprint density at radius 3 is 2.50 bits per heavy atom. The minimum atomic E-state index is -1.03. The molecule has 1 aliphatic rings. The van der Waals surface area contributed by atoms with Crippen LogP contribution >= 0.6 is 0 Å². The molecule has 20 heavy (non-hydrogen) atoms. The van der Waals surface area contributed by atoms with E-state index in [1.165, 1.54) is 11.8 Å². The second-order valence-electron chi connectivity index (χ2n) is 4.42. The molecular formula is C14H14N2O4. The van der Waals surface area contributed by atoms with E-state index in [9.17, 15) is 14.4 Å². The highest BCUT2D eigenvalue weighted by atomic mass is 16.5. The molecule has 2 N–H and O–H groups in total. The lowest BCUT2D eigenvalue weighted by atomic mass is 10.1. The molecule has 1 atom stereocenters. The molecule has 0 unspecified atom stereocenters. The first-order valence-electron chi connectivity index (χ1n) is 6.00. The van der Waals surface area contributed by atoms with Gasteiger partial charge in [-0.1, -0.05) is 24.8 Å². The van der Waals surface area contributed by atoms with Gasteiger partial charge < -0.3 is 10.5 Å². The van der Waals surface area contributed by atoms with Crippen molar-refractivity contribution in [2.75, 3.05) is 6.54 Å².